The van der Waals surface area contributed by atoms with Gasteiger partial charge in [0.1, 0.15) is 5.54 Å². The van der Waals surface area contributed by atoms with Crippen molar-refractivity contribution in [1.82, 2.24) is 10.2 Å². The molecule has 3 rings (SSSR count). The number of carbonyl (C=O) groups excluding carboxylic acids is 3. The lowest BCUT2D eigenvalue weighted by Gasteiger charge is -2.19. The minimum Gasteiger partial charge on any atom is -0.322 e. The fourth-order valence-electron chi connectivity index (χ4n) is 2.56. The van der Waals surface area contributed by atoms with E-state index in [0.717, 1.165) is 10.7 Å². The average Bonchev–Trinajstić information content (AvgIpc) is 3.03. The first kappa shape index (κ1) is 15.6. The molecular formula is C14H12Cl2N2O3S. The van der Waals surface area contributed by atoms with Crippen molar-refractivity contribution in [3.63, 3.8) is 0 Å². The van der Waals surface area contributed by atoms with Crippen LogP contribution in [-0.2, 0) is 4.79 Å². The number of nitrogens with one attached hydrogen (secondary N) is 1. The van der Waals surface area contributed by atoms with Gasteiger partial charge in [-0.2, -0.15) is 11.8 Å². The number of rotatable bonds is 3. The molecule has 1 unspecified atom stereocenters. The van der Waals surface area contributed by atoms with Crippen molar-refractivity contribution in [2.75, 3.05) is 18.1 Å². The number of Topliss-reactive ketones (excluding diaryl/α,β-unsaturated/α-hetero) is 1. The van der Waals surface area contributed by atoms with E-state index >= 15 is 0 Å². The van der Waals surface area contributed by atoms with Gasteiger partial charge in [0.2, 0.25) is 0 Å². The minimum absolute atomic E-state index is 0.258. The lowest BCUT2D eigenvalue weighted by atomic mass is 9.99. The van der Waals surface area contributed by atoms with Crippen molar-refractivity contribution < 1.29 is 14.4 Å². The fraction of sp³-hybridized carbons (Fsp3) is 0.357. The molecule has 0 bridgehead atoms. The summed E-state index contributed by atoms with van der Waals surface area (Å²) < 4.78 is 0. The number of imide groups is 1. The third-order valence-electron chi connectivity index (χ3n) is 3.81. The van der Waals surface area contributed by atoms with Gasteiger partial charge in [-0.1, -0.05) is 23.2 Å². The van der Waals surface area contributed by atoms with Crippen molar-refractivity contribution in [1.29, 1.82) is 0 Å². The summed E-state index contributed by atoms with van der Waals surface area (Å²) in [6, 6.07) is 3.96. The topological polar surface area (TPSA) is 66.5 Å². The third-order valence-corrected chi connectivity index (χ3v) is 5.74. The maximum absolute atomic E-state index is 12.5. The maximum atomic E-state index is 12.5. The molecule has 116 valence electrons. The summed E-state index contributed by atoms with van der Waals surface area (Å²) in [7, 11) is 0. The quantitative estimate of drug-likeness (QED) is 0.666. The highest BCUT2D eigenvalue weighted by atomic mass is 35.5. The summed E-state index contributed by atoms with van der Waals surface area (Å²) in [5.74, 6) is 0.691. The first-order valence-electron chi connectivity index (χ1n) is 6.63. The lowest BCUT2D eigenvalue weighted by molar-refractivity contribution is -0.130. The molecule has 1 aromatic rings. The maximum Gasteiger partial charge on any atom is 0.325 e. The van der Waals surface area contributed by atoms with Crippen LogP contribution in [0.25, 0.3) is 0 Å². The van der Waals surface area contributed by atoms with Crippen LogP contribution in [0, 0.1) is 0 Å². The molecule has 2 fully saturated rings. The molecule has 1 aromatic carbocycles. The monoisotopic (exact) mass is 358 g/mol. The summed E-state index contributed by atoms with van der Waals surface area (Å²) in [5, 5.41) is 3.32. The first-order valence-corrected chi connectivity index (χ1v) is 8.54. The smallest absolute Gasteiger partial charge is 0.322 e. The average molecular weight is 359 g/mol. The third kappa shape index (κ3) is 2.59. The molecule has 2 saturated heterocycles. The minimum atomic E-state index is -0.834. The van der Waals surface area contributed by atoms with E-state index in [0.29, 0.717) is 22.8 Å². The van der Waals surface area contributed by atoms with Crippen LogP contribution >= 0.6 is 35.0 Å². The largest absolute Gasteiger partial charge is 0.325 e. The number of halogens is 2. The van der Waals surface area contributed by atoms with Crippen molar-refractivity contribution in [3.05, 3.63) is 33.8 Å². The molecule has 3 amide bonds. The summed E-state index contributed by atoms with van der Waals surface area (Å²) in [6.07, 6.45) is 0.597. The molecule has 5 nitrogen and oxygen atoms in total. The number of amides is 3. The van der Waals surface area contributed by atoms with E-state index in [1.54, 1.807) is 11.8 Å². The van der Waals surface area contributed by atoms with Gasteiger partial charge >= 0.3 is 6.03 Å². The van der Waals surface area contributed by atoms with Crippen LogP contribution < -0.4 is 5.32 Å². The van der Waals surface area contributed by atoms with Gasteiger partial charge in [-0.3, -0.25) is 14.5 Å². The molecule has 8 heteroatoms. The molecule has 1 N–H and O–H groups in total. The summed E-state index contributed by atoms with van der Waals surface area (Å²) >= 11 is 13.3. The number of nitrogens with zero attached hydrogens (tertiary/aromatic N) is 1. The Morgan fingerprint density at radius 2 is 2.09 bits per heavy atom. The molecular weight excluding hydrogens is 347 g/mol. The normalized spacial score (nSPS) is 24.2. The zero-order valence-corrected chi connectivity index (χ0v) is 13.7. The van der Waals surface area contributed by atoms with Crippen LogP contribution in [0.4, 0.5) is 4.79 Å². The Kier molecular flexibility index (Phi) is 4.09. The van der Waals surface area contributed by atoms with Gasteiger partial charge in [-0.15, -0.1) is 0 Å². The van der Waals surface area contributed by atoms with Gasteiger partial charge < -0.3 is 5.32 Å². The van der Waals surface area contributed by atoms with E-state index in [1.165, 1.54) is 18.2 Å². The highest BCUT2D eigenvalue weighted by Crippen LogP contribution is 2.33. The second-order valence-corrected chi connectivity index (χ2v) is 7.18. The van der Waals surface area contributed by atoms with E-state index in [1.807, 2.05) is 0 Å². The van der Waals surface area contributed by atoms with E-state index in [9.17, 15) is 14.4 Å². The molecule has 0 aromatic heterocycles. The number of hydrogen-bond acceptors (Lipinski definition) is 4. The van der Waals surface area contributed by atoms with Crippen molar-refractivity contribution >= 4 is 52.7 Å². The Morgan fingerprint density at radius 1 is 1.32 bits per heavy atom. The Labute approximate surface area is 141 Å². The zero-order chi connectivity index (χ0) is 15.9. The van der Waals surface area contributed by atoms with Crippen LogP contribution in [0.5, 0.6) is 0 Å². The van der Waals surface area contributed by atoms with E-state index in [4.69, 9.17) is 23.2 Å². The highest BCUT2D eigenvalue weighted by Gasteiger charge is 2.53. The predicted octanol–water partition coefficient (Wildman–Crippen LogP) is 2.60. The van der Waals surface area contributed by atoms with Crippen molar-refractivity contribution in [2.45, 2.75) is 12.0 Å². The van der Waals surface area contributed by atoms with Crippen molar-refractivity contribution in [2.24, 2.45) is 0 Å². The highest BCUT2D eigenvalue weighted by molar-refractivity contribution is 7.99. The predicted molar refractivity (Wildman–Crippen MR) is 85.7 cm³/mol. The molecule has 2 aliphatic rings. The molecule has 2 aliphatic heterocycles. The number of hydrogen-bond donors (Lipinski definition) is 1. The Balaban J connectivity index is 1.77. The molecule has 22 heavy (non-hydrogen) atoms. The molecule has 1 atom stereocenters. The van der Waals surface area contributed by atoms with E-state index < -0.39 is 11.6 Å². The number of urea groups is 1. The van der Waals surface area contributed by atoms with Crippen LogP contribution in [-0.4, -0.2) is 46.2 Å². The molecule has 0 saturated carbocycles. The standard InChI is InChI=1S/C14H12Cl2N2O3S/c15-9-2-1-8(5-10(9)16)11(19)6-18-12(20)14(17-13(18)21)3-4-22-7-14/h1-2,5H,3-4,6-7H2,(H,17,21). The Bertz CT molecular complexity index is 674. The van der Waals surface area contributed by atoms with Crippen molar-refractivity contribution in [3.8, 4) is 0 Å². The van der Waals surface area contributed by atoms with Gasteiger partial charge in [0.15, 0.2) is 5.78 Å². The van der Waals surface area contributed by atoms with Crippen LogP contribution in [0.15, 0.2) is 18.2 Å². The van der Waals surface area contributed by atoms with Gasteiger partial charge in [0.25, 0.3) is 5.91 Å². The molecule has 1 spiro atoms. The fourth-order valence-corrected chi connectivity index (χ4v) is 4.18. The van der Waals surface area contributed by atoms with Crippen LogP contribution in [0.2, 0.25) is 10.0 Å². The Morgan fingerprint density at radius 3 is 2.73 bits per heavy atom. The summed E-state index contributed by atoms with van der Waals surface area (Å²) in [6.45, 7) is -0.297. The van der Waals surface area contributed by atoms with E-state index in [2.05, 4.69) is 5.32 Å². The number of carbonyl (C=O) groups is 3. The van der Waals surface area contributed by atoms with Gasteiger partial charge in [-0.25, -0.2) is 4.79 Å². The second-order valence-electron chi connectivity index (χ2n) is 5.26. The summed E-state index contributed by atoms with van der Waals surface area (Å²) in [5.41, 5.74) is -0.517. The second kappa shape index (κ2) is 5.76. The van der Waals surface area contributed by atoms with Gasteiger partial charge in [0, 0.05) is 11.3 Å². The van der Waals surface area contributed by atoms with Crippen LogP contribution in [0.1, 0.15) is 16.8 Å². The molecule has 0 radical (unpaired) electrons. The van der Waals surface area contributed by atoms with Gasteiger partial charge in [-0.05, 0) is 30.4 Å². The molecule has 2 heterocycles. The Hall–Kier alpha value is -1.24. The zero-order valence-electron chi connectivity index (χ0n) is 11.4. The number of thioether (sulfide) groups is 1. The number of benzene rings is 1. The van der Waals surface area contributed by atoms with Gasteiger partial charge in [0.05, 0.1) is 16.6 Å². The summed E-state index contributed by atoms with van der Waals surface area (Å²) in [4.78, 5) is 37.7. The number of ketones is 1. The SMILES string of the molecule is O=C(CN1C(=O)NC2(CCSC2)C1=O)c1ccc(Cl)c(Cl)c1. The van der Waals surface area contributed by atoms with E-state index in [-0.39, 0.29) is 23.3 Å². The van der Waals surface area contributed by atoms with Crippen LogP contribution in [0.3, 0.4) is 0 Å². The first-order chi connectivity index (χ1) is 10.4. The lowest BCUT2D eigenvalue weighted by Crippen LogP contribution is -2.47. The molecule has 0 aliphatic carbocycles.